The molecule has 0 bridgehead atoms. The first-order valence-corrected chi connectivity index (χ1v) is 9.21. The van der Waals surface area contributed by atoms with E-state index in [4.69, 9.17) is 0 Å². The maximum Gasteiger partial charge on any atom is 0.300 e. The van der Waals surface area contributed by atoms with Gasteiger partial charge in [-0.3, -0.25) is 14.5 Å². The van der Waals surface area contributed by atoms with Gasteiger partial charge in [0.05, 0.1) is 6.20 Å². The fourth-order valence-corrected chi connectivity index (χ4v) is 2.83. The van der Waals surface area contributed by atoms with E-state index < -0.39 is 17.4 Å². The molecule has 3 aromatic rings. The molecule has 1 aromatic carbocycles. The molecule has 2 aromatic heterocycles. The third kappa shape index (κ3) is 4.60. The van der Waals surface area contributed by atoms with Gasteiger partial charge in [-0.15, -0.1) is 0 Å². The van der Waals surface area contributed by atoms with Crippen molar-refractivity contribution in [2.75, 3.05) is 5.32 Å². The van der Waals surface area contributed by atoms with Gasteiger partial charge >= 0.3 is 5.92 Å². The second-order valence-electron chi connectivity index (χ2n) is 7.40. The van der Waals surface area contributed by atoms with Crippen LogP contribution in [0.3, 0.4) is 0 Å². The van der Waals surface area contributed by atoms with Gasteiger partial charge in [0, 0.05) is 54.1 Å². The molecule has 156 valence electrons. The number of carbonyl (C=O) groups excluding carboxylic acids is 1. The quantitative estimate of drug-likeness (QED) is 0.600. The standard InChI is InChI=1S/C22H22F2N4O2/c1-21(2,30)22(23,24)17-5-7-18(8-6-17)27-20(29)9-4-15-12-25-11-10-19(15)16-13-26-28(3)14-16/h4-14,30H,1-3H3,(H,27,29). The Morgan fingerprint density at radius 2 is 1.87 bits per heavy atom. The van der Waals surface area contributed by atoms with Crippen LogP contribution in [0.1, 0.15) is 25.0 Å². The number of amides is 1. The second-order valence-corrected chi connectivity index (χ2v) is 7.40. The van der Waals surface area contributed by atoms with Crippen LogP contribution in [0.5, 0.6) is 0 Å². The Balaban J connectivity index is 1.72. The Morgan fingerprint density at radius 3 is 2.47 bits per heavy atom. The highest BCUT2D eigenvalue weighted by atomic mass is 19.3. The molecule has 0 saturated heterocycles. The monoisotopic (exact) mass is 412 g/mol. The second kappa shape index (κ2) is 8.16. The van der Waals surface area contributed by atoms with Crippen LogP contribution >= 0.6 is 0 Å². The van der Waals surface area contributed by atoms with Gasteiger partial charge in [0.1, 0.15) is 5.60 Å². The number of rotatable bonds is 6. The van der Waals surface area contributed by atoms with E-state index in [2.05, 4.69) is 15.4 Å². The summed E-state index contributed by atoms with van der Waals surface area (Å²) in [5, 5.41) is 16.4. The first-order chi connectivity index (χ1) is 14.1. The molecule has 1 amide bonds. The van der Waals surface area contributed by atoms with Crippen molar-refractivity contribution in [1.29, 1.82) is 0 Å². The van der Waals surface area contributed by atoms with Gasteiger partial charge in [-0.05, 0) is 43.7 Å². The number of nitrogens with one attached hydrogen (secondary N) is 1. The van der Waals surface area contributed by atoms with Crippen LogP contribution in [0.4, 0.5) is 14.5 Å². The zero-order chi connectivity index (χ0) is 21.9. The van der Waals surface area contributed by atoms with Crippen LogP contribution in [0.15, 0.2) is 61.2 Å². The van der Waals surface area contributed by atoms with E-state index in [1.807, 2.05) is 19.3 Å². The van der Waals surface area contributed by atoms with Crippen LogP contribution < -0.4 is 5.32 Å². The lowest BCUT2D eigenvalue weighted by Gasteiger charge is -2.29. The Kier molecular flexibility index (Phi) is 5.80. The normalized spacial score (nSPS) is 12.3. The summed E-state index contributed by atoms with van der Waals surface area (Å²) in [5.41, 5.74) is 0.332. The van der Waals surface area contributed by atoms with Gasteiger partial charge in [-0.1, -0.05) is 12.1 Å². The van der Waals surface area contributed by atoms with Crippen LogP contribution in [0.2, 0.25) is 0 Å². The number of anilines is 1. The maximum atomic E-state index is 14.2. The van der Waals surface area contributed by atoms with E-state index in [0.717, 1.165) is 30.5 Å². The van der Waals surface area contributed by atoms with Crippen molar-refractivity contribution in [2.45, 2.75) is 25.4 Å². The molecule has 0 aliphatic heterocycles. The molecule has 0 atom stereocenters. The van der Waals surface area contributed by atoms with Crippen molar-refractivity contribution >= 4 is 17.7 Å². The largest absolute Gasteiger partial charge is 0.384 e. The fraction of sp³-hybridized carbons (Fsp3) is 0.227. The predicted octanol–water partition coefficient (Wildman–Crippen LogP) is 4.00. The molecule has 8 heteroatoms. The molecule has 2 heterocycles. The number of hydrogen-bond donors (Lipinski definition) is 2. The molecular formula is C22H22F2N4O2. The SMILES string of the molecule is Cn1cc(-c2ccncc2C=CC(=O)Nc2ccc(C(F)(F)C(C)(C)O)cc2)cn1. The highest BCUT2D eigenvalue weighted by Gasteiger charge is 2.46. The van der Waals surface area contributed by atoms with Crippen molar-refractivity contribution in [2.24, 2.45) is 7.05 Å². The number of aliphatic hydroxyl groups is 1. The Morgan fingerprint density at radius 1 is 1.17 bits per heavy atom. The van der Waals surface area contributed by atoms with Crippen molar-refractivity contribution in [3.05, 3.63) is 72.3 Å². The first kappa shape index (κ1) is 21.3. The molecule has 0 aliphatic carbocycles. The molecule has 0 fully saturated rings. The number of pyridine rings is 1. The smallest absolute Gasteiger partial charge is 0.300 e. The zero-order valence-electron chi connectivity index (χ0n) is 16.8. The summed E-state index contributed by atoms with van der Waals surface area (Å²) in [4.78, 5) is 16.3. The van der Waals surface area contributed by atoms with Crippen molar-refractivity contribution in [3.63, 3.8) is 0 Å². The summed E-state index contributed by atoms with van der Waals surface area (Å²) in [5.74, 6) is -3.84. The maximum absolute atomic E-state index is 14.2. The fourth-order valence-electron chi connectivity index (χ4n) is 2.83. The number of carbonyl (C=O) groups is 1. The van der Waals surface area contributed by atoms with E-state index in [0.29, 0.717) is 5.69 Å². The van der Waals surface area contributed by atoms with Crippen molar-refractivity contribution in [3.8, 4) is 11.1 Å². The molecule has 0 radical (unpaired) electrons. The molecule has 30 heavy (non-hydrogen) atoms. The Bertz CT molecular complexity index is 1070. The van der Waals surface area contributed by atoms with E-state index in [-0.39, 0.29) is 5.56 Å². The summed E-state index contributed by atoms with van der Waals surface area (Å²) in [7, 11) is 1.82. The summed E-state index contributed by atoms with van der Waals surface area (Å²) >= 11 is 0. The van der Waals surface area contributed by atoms with Crippen LogP contribution in [-0.2, 0) is 17.8 Å². The third-order valence-corrected chi connectivity index (χ3v) is 4.57. The lowest BCUT2D eigenvalue weighted by molar-refractivity contribution is -0.168. The van der Waals surface area contributed by atoms with Crippen LogP contribution in [-0.4, -0.2) is 31.4 Å². The van der Waals surface area contributed by atoms with Crippen molar-refractivity contribution in [1.82, 2.24) is 14.8 Å². The minimum Gasteiger partial charge on any atom is -0.384 e. The zero-order valence-corrected chi connectivity index (χ0v) is 16.8. The summed E-state index contributed by atoms with van der Waals surface area (Å²) in [6.07, 6.45) is 9.84. The molecule has 0 unspecified atom stereocenters. The molecule has 0 saturated carbocycles. The summed E-state index contributed by atoms with van der Waals surface area (Å²) in [6.45, 7) is 2.09. The number of aromatic nitrogens is 3. The highest BCUT2D eigenvalue weighted by Crippen LogP contribution is 2.38. The Hall–Kier alpha value is -3.39. The van der Waals surface area contributed by atoms with Crippen LogP contribution in [0.25, 0.3) is 17.2 Å². The third-order valence-electron chi connectivity index (χ3n) is 4.57. The Labute approximate surface area is 172 Å². The average molecular weight is 412 g/mol. The predicted molar refractivity (Wildman–Crippen MR) is 111 cm³/mol. The van der Waals surface area contributed by atoms with Gasteiger partial charge in [-0.2, -0.15) is 13.9 Å². The number of aryl methyl sites for hydroxylation is 1. The number of alkyl halides is 2. The molecule has 2 N–H and O–H groups in total. The van der Waals surface area contributed by atoms with Gasteiger partial charge < -0.3 is 10.4 Å². The van der Waals surface area contributed by atoms with E-state index in [1.165, 1.54) is 30.3 Å². The molecule has 6 nitrogen and oxygen atoms in total. The molecular weight excluding hydrogens is 390 g/mol. The minimum absolute atomic E-state index is 0.333. The lowest BCUT2D eigenvalue weighted by atomic mass is 9.93. The average Bonchev–Trinajstić information content (AvgIpc) is 3.12. The van der Waals surface area contributed by atoms with E-state index in [9.17, 15) is 18.7 Å². The van der Waals surface area contributed by atoms with E-state index in [1.54, 1.807) is 29.3 Å². The number of nitrogens with zero attached hydrogens (tertiary/aromatic N) is 3. The number of halogens is 2. The van der Waals surface area contributed by atoms with Gasteiger partial charge in [0.25, 0.3) is 0 Å². The topological polar surface area (TPSA) is 80.0 Å². The van der Waals surface area contributed by atoms with Gasteiger partial charge in [0.15, 0.2) is 0 Å². The molecule has 3 rings (SSSR count). The molecule has 0 aliphatic rings. The molecule has 0 spiro atoms. The highest BCUT2D eigenvalue weighted by molar-refractivity contribution is 6.02. The lowest BCUT2D eigenvalue weighted by Crippen LogP contribution is -2.40. The minimum atomic E-state index is -3.42. The van der Waals surface area contributed by atoms with E-state index >= 15 is 0 Å². The summed E-state index contributed by atoms with van der Waals surface area (Å²) in [6, 6.07) is 6.92. The van der Waals surface area contributed by atoms with Crippen LogP contribution in [0, 0.1) is 0 Å². The number of benzene rings is 1. The number of hydrogen-bond acceptors (Lipinski definition) is 4. The summed E-state index contributed by atoms with van der Waals surface area (Å²) < 4.78 is 30.1. The van der Waals surface area contributed by atoms with Gasteiger partial charge in [-0.25, -0.2) is 0 Å². The first-order valence-electron chi connectivity index (χ1n) is 9.21. The van der Waals surface area contributed by atoms with Crippen molar-refractivity contribution < 1.29 is 18.7 Å². The van der Waals surface area contributed by atoms with Gasteiger partial charge in [0.2, 0.25) is 5.91 Å².